The quantitative estimate of drug-likeness (QED) is 0.184. The predicted molar refractivity (Wildman–Crippen MR) is 195 cm³/mol. The highest BCUT2D eigenvalue weighted by Crippen LogP contribution is 2.54. The van der Waals surface area contributed by atoms with Crippen LogP contribution in [0.2, 0.25) is 0 Å². The van der Waals surface area contributed by atoms with Crippen LogP contribution in [0.3, 0.4) is 0 Å². The molecule has 0 N–H and O–H groups in total. The molecule has 7 aromatic carbocycles. The highest BCUT2D eigenvalue weighted by Gasteiger charge is 2.48. The third-order valence-electron chi connectivity index (χ3n) is 11.1. The van der Waals surface area contributed by atoms with Gasteiger partial charge in [0.05, 0.1) is 11.0 Å². The second-order valence-corrected chi connectivity index (χ2v) is 13.7. The SMILES string of the molecule is CC1(C)c2cccc3c2-n2c4c1c1ccccc1cc4c1c(-c4ccccc4)cc4c(c12)B3N(c1ccccc1)c1ccccc1-4. The fourth-order valence-electron chi connectivity index (χ4n) is 9.28. The minimum Gasteiger partial charge on any atom is -0.376 e. The smallest absolute Gasteiger partial charge is 0.333 e. The van der Waals surface area contributed by atoms with Crippen molar-refractivity contribution in [3.8, 4) is 27.9 Å². The molecule has 0 fully saturated rings. The van der Waals surface area contributed by atoms with Crippen LogP contribution in [0.25, 0.3) is 60.5 Å². The van der Waals surface area contributed by atoms with E-state index in [-0.39, 0.29) is 12.3 Å². The van der Waals surface area contributed by atoms with Gasteiger partial charge in [0.15, 0.2) is 0 Å². The largest absolute Gasteiger partial charge is 0.376 e. The Balaban J connectivity index is 1.46. The van der Waals surface area contributed by atoms with Crippen LogP contribution in [0, 0.1) is 0 Å². The van der Waals surface area contributed by atoms with Gasteiger partial charge in [0.25, 0.3) is 0 Å². The van der Waals surface area contributed by atoms with Gasteiger partial charge >= 0.3 is 6.85 Å². The van der Waals surface area contributed by atoms with Gasteiger partial charge in [-0.15, -0.1) is 0 Å². The Morgan fingerprint density at radius 2 is 1.33 bits per heavy atom. The van der Waals surface area contributed by atoms with E-state index in [2.05, 4.69) is 163 Å². The molecule has 3 aliphatic heterocycles. The molecule has 11 rings (SSSR count). The van der Waals surface area contributed by atoms with Gasteiger partial charge in [0.2, 0.25) is 0 Å². The van der Waals surface area contributed by atoms with Gasteiger partial charge in [-0.2, -0.15) is 0 Å². The Kier molecular flexibility index (Phi) is 4.51. The van der Waals surface area contributed by atoms with Crippen LogP contribution in [-0.2, 0) is 5.41 Å². The molecular formula is C43H29BN2. The van der Waals surface area contributed by atoms with E-state index in [0.29, 0.717) is 0 Å². The summed E-state index contributed by atoms with van der Waals surface area (Å²) in [4.78, 5) is 2.61. The van der Waals surface area contributed by atoms with Crippen molar-refractivity contribution in [3.05, 3.63) is 151 Å². The third-order valence-corrected chi connectivity index (χ3v) is 11.1. The minimum atomic E-state index is -0.188. The van der Waals surface area contributed by atoms with Crippen LogP contribution in [0.15, 0.2) is 140 Å². The highest BCUT2D eigenvalue weighted by molar-refractivity contribution is 6.93. The molecule has 214 valence electrons. The maximum Gasteiger partial charge on any atom is 0.333 e. The first-order chi connectivity index (χ1) is 22.6. The average Bonchev–Trinajstić information content (AvgIpc) is 3.44. The summed E-state index contributed by atoms with van der Waals surface area (Å²) in [7, 11) is 0. The zero-order valence-corrected chi connectivity index (χ0v) is 25.8. The molecule has 46 heavy (non-hydrogen) atoms. The molecule has 3 aliphatic rings. The number of hydrogen-bond acceptors (Lipinski definition) is 1. The van der Waals surface area contributed by atoms with Crippen molar-refractivity contribution in [3.63, 3.8) is 0 Å². The lowest BCUT2D eigenvalue weighted by molar-refractivity contribution is 0.637. The van der Waals surface area contributed by atoms with Gasteiger partial charge in [0, 0.05) is 38.8 Å². The zero-order valence-electron chi connectivity index (χ0n) is 25.8. The highest BCUT2D eigenvalue weighted by atomic mass is 15.1. The van der Waals surface area contributed by atoms with E-state index in [1.54, 1.807) is 0 Å². The molecule has 4 heterocycles. The van der Waals surface area contributed by atoms with Gasteiger partial charge in [-0.25, -0.2) is 0 Å². The molecule has 0 amide bonds. The van der Waals surface area contributed by atoms with Crippen LogP contribution in [0.1, 0.15) is 25.0 Å². The maximum atomic E-state index is 2.68. The molecular weight excluding hydrogens is 555 g/mol. The molecule has 0 aliphatic carbocycles. The standard InChI is InChI=1S/C43H29BN2/c1-43(2)34-21-13-22-35-41(34)45-40-33(24-27-16-9-10-19-29(27)38(40)43)37-31(26-14-5-3-6-15-26)25-32-30-20-11-12-23-36(30)46(28-17-7-4-8-18-28)44(35)39(32)42(37)45/h3-25H,1-2H3. The molecule has 2 nitrogen and oxygen atoms in total. The lowest BCUT2D eigenvalue weighted by Crippen LogP contribution is -2.61. The minimum absolute atomic E-state index is 0.0400. The summed E-state index contributed by atoms with van der Waals surface area (Å²) in [6.07, 6.45) is 0. The van der Waals surface area contributed by atoms with E-state index in [4.69, 9.17) is 0 Å². The van der Waals surface area contributed by atoms with Crippen molar-refractivity contribution in [2.45, 2.75) is 19.3 Å². The normalized spacial score (nSPS) is 14.8. The molecule has 0 saturated heterocycles. The van der Waals surface area contributed by atoms with Crippen molar-refractivity contribution in [2.24, 2.45) is 0 Å². The lowest BCUT2D eigenvalue weighted by atomic mass is 9.43. The number of hydrogen-bond donors (Lipinski definition) is 0. The summed E-state index contributed by atoms with van der Waals surface area (Å²) in [5, 5.41) is 5.37. The first-order valence-corrected chi connectivity index (χ1v) is 16.3. The summed E-state index contributed by atoms with van der Waals surface area (Å²) >= 11 is 0. The Morgan fingerprint density at radius 1 is 0.587 bits per heavy atom. The van der Waals surface area contributed by atoms with Crippen LogP contribution in [-0.4, -0.2) is 11.4 Å². The fourth-order valence-corrected chi connectivity index (χ4v) is 9.28. The second kappa shape index (κ2) is 8.38. The van der Waals surface area contributed by atoms with Gasteiger partial charge in [-0.3, -0.25) is 0 Å². The van der Waals surface area contributed by atoms with E-state index in [1.165, 1.54) is 93.9 Å². The number of rotatable bonds is 2. The first kappa shape index (κ1) is 24.7. The van der Waals surface area contributed by atoms with E-state index in [0.717, 1.165) is 0 Å². The number of anilines is 2. The number of aromatic nitrogens is 1. The van der Waals surface area contributed by atoms with Crippen molar-refractivity contribution in [2.75, 3.05) is 4.81 Å². The summed E-state index contributed by atoms with van der Waals surface area (Å²) in [6, 6.07) is 52.1. The van der Waals surface area contributed by atoms with Crippen molar-refractivity contribution < 1.29 is 0 Å². The Bertz CT molecular complexity index is 2610. The molecule has 1 aromatic heterocycles. The van der Waals surface area contributed by atoms with E-state index >= 15 is 0 Å². The monoisotopic (exact) mass is 584 g/mol. The maximum absolute atomic E-state index is 2.68. The van der Waals surface area contributed by atoms with E-state index < -0.39 is 0 Å². The fraction of sp³-hybridized carbons (Fsp3) is 0.0698. The Labute approximate surface area is 268 Å². The van der Waals surface area contributed by atoms with E-state index in [9.17, 15) is 0 Å². The van der Waals surface area contributed by atoms with Crippen molar-refractivity contribution >= 4 is 61.7 Å². The molecule has 8 aromatic rings. The molecule has 3 heteroatoms. The first-order valence-electron chi connectivity index (χ1n) is 16.3. The second-order valence-electron chi connectivity index (χ2n) is 13.7. The summed E-state index contributed by atoms with van der Waals surface area (Å²) < 4.78 is 2.68. The molecule has 0 saturated carbocycles. The van der Waals surface area contributed by atoms with Crippen LogP contribution in [0.5, 0.6) is 0 Å². The van der Waals surface area contributed by atoms with Crippen LogP contribution < -0.4 is 15.7 Å². The topological polar surface area (TPSA) is 8.17 Å². The molecule has 0 radical (unpaired) electrons. The molecule has 0 spiro atoms. The van der Waals surface area contributed by atoms with Gasteiger partial charge < -0.3 is 9.38 Å². The van der Waals surface area contributed by atoms with Crippen LogP contribution >= 0.6 is 0 Å². The molecule has 0 unspecified atom stereocenters. The van der Waals surface area contributed by atoms with E-state index in [1.807, 2.05) is 0 Å². The predicted octanol–water partition coefficient (Wildman–Crippen LogP) is 9.48. The number of para-hydroxylation sites is 3. The lowest BCUT2D eigenvalue weighted by Gasteiger charge is -2.45. The average molecular weight is 585 g/mol. The summed E-state index contributed by atoms with van der Waals surface area (Å²) in [6.45, 7) is 4.92. The van der Waals surface area contributed by atoms with Crippen LogP contribution in [0.4, 0.5) is 11.4 Å². The van der Waals surface area contributed by atoms with Crippen molar-refractivity contribution in [1.29, 1.82) is 0 Å². The molecule has 0 atom stereocenters. The Hall–Kier alpha value is -5.54. The zero-order chi connectivity index (χ0) is 30.3. The summed E-state index contributed by atoms with van der Waals surface area (Å²) in [5.41, 5.74) is 17.2. The van der Waals surface area contributed by atoms with Gasteiger partial charge in [-0.1, -0.05) is 123 Å². The third kappa shape index (κ3) is 2.82. The van der Waals surface area contributed by atoms with Gasteiger partial charge in [0.1, 0.15) is 0 Å². The summed E-state index contributed by atoms with van der Waals surface area (Å²) in [5.74, 6) is 0. The molecule has 0 bridgehead atoms. The number of nitrogens with zero attached hydrogens (tertiary/aromatic N) is 2. The number of fused-ring (bicyclic) bond motifs is 6. The number of benzene rings is 7. The van der Waals surface area contributed by atoms with Crippen molar-refractivity contribution in [1.82, 2.24) is 4.57 Å². The Morgan fingerprint density at radius 3 is 2.17 bits per heavy atom. The van der Waals surface area contributed by atoms with Gasteiger partial charge in [-0.05, 0) is 79.8 Å².